The topological polar surface area (TPSA) is 32.3 Å². The Labute approximate surface area is 98.7 Å². The number of hydrogen-bond acceptors (Lipinski definition) is 2. The Morgan fingerprint density at radius 2 is 1.88 bits per heavy atom. The van der Waals surface area contributed by atoms with Crippen molar-refractivity contribution in [3.05, 3.63) is 35.4 Å². The van der Waals surface area contributed by atoms with Gasteiger partial charge in [-0.25, -0.2) is 0 Å². The predicted octanol–water partition coefficient (Wildman–Crippen LogP) is 2.70. The lowest BCUT2D eigenvalue weighted by atomic mass is 9.88. The molecule has 2 heteroatoms. The van der Waals surface area contributed by atoms with Crippen LogP contribution in [-0.4, -0.2) is 11.1 Å². The summed E-state index contributed by atoms with van der Waals surface area (Å²) in [6, 6.07) is 8.52. The second-order valence-corrected chi connectivity index (χ2v) is 5.45. The van der Waals surface area contributed by atoms with Crippen LogP contribution in [0.15, 0.2) is 24.3 Å². The van der Waals surface area contributed by atoms with Crippen LogP contribution in [-0.2, 0) is 13.2 Å². The van der Waals surface area contributed by atoms with Gasteiger partial charge in [-0.05, 0) is 23.5 Å². The van der Waals surface area contributed by atoms with Crippen LogP contribution in [0.3, 0.4) is 0 Å². The van der Waals surface area contributed by atoms with Crippen LogP contribution < -0.4 is 5.32 Å². The third-order valence-corrected chi connectivity index (χ3v) is 3.09. The standard InChI is InChI=1S/C14H23NO/c1-11(14(2,3)4)15-9-12-6-5-7-13(8-12)10-16/h5-8,11,15-16H,9-10H2,1-4H3. The predicted molar refractivity (Wildman–Crippen MR) is 68.1 cm³/mol. The van der Waals surface area contributed by atoms with Crippen molar-refractivity contribution in [3.8, 4) is 0 Å². The first-order valence-corrected chi connectivity index (χ1v) is 5.85. The van der Waals surface area contributed by atoms with Gasteiger partial charge in [0.25, 0.3) is 0 Å². The molecule has 0 amide bonds. The molecule has 16 heavy (non-hydrogen) atoms. The summed E-state index contributed by atoms with van der Waals surface area (Å²) >= 11 is 0. The molecule has 0 fully saturated rings. The van der Waals surface area contributed by atoms with Crippen molar-refractivity contribution in [3.63, 3.8) is 0 Å². The van der Waals surface area contributed by atoms with Gasteiger partial charge in [-0.15, -0.1) is 0 Å². The van der Waals surface area contributed by atoms with Crippen LogP contribution in [0.1, 0.15) is 38.8 Å². The maximum atomic E-state index is 9.05. The molecule has 0 radical (unpaired) electrons. The fourth-order valence-corrected chi connectivity index (χ4v) is 1.42. The quantitative estimate of drug-likeness (QED) is 0.819. The third kappa shape index (κ3) is 3.95. The molecule has 2 N–H and O–H groups in total. The fourth-order valence-electron chi connectivity index (χ4n) is 1.42. The van der Waals surface area contributed by atoms with Gasteiger partial charge in [0.2, 0.25) is 0 Å². The minimum atomic E-state index is 0.114. The van der Waals surface area contributed by atoms with E-state index < -0.39 is 0 Å². The van der Waals surface area contributed by atoms with Crippen LogP contribution in [0.25, 0.3) is 0 Å². The van der Waals surface area contributed by atoms with Gasteiger partial charge in [0.15, 0.2) is 0 Å². The van der Waals surface area contributed by atoms with E-state index in [1.54, 1.807) is 0 Å². The molecule has 90 valence electrons. The molecule has 1 unspecified atom stereocenters. The average Bonchev–Trinajstić information content (AvgIpc) is 2.25. The molecule has 0 bridgehead atoms. The summed E-state index contributed by atoms with van der Waals surface area (Å²) < 4.78 is 0. The molecule has 0 heterocycles. The lowest BCUT2D eigenvalue weighted by Crippen LogP contribution is -2.37. The lowest BCUT2D eigenvalue weighted by Gasteiger charge is -2.28. The summed E-state index contributed by atoms with van der Waals surface area (Å²) in [6.07, 6.45) is 0. The Morgan fingerprint density at radius 3 is 2.44 bits per heavy atom. The van der Waals surface area contributed by atoms with Gasteiger partial charge >= 0.3 is 0 Å². The highest BCUT2D eigenvalue weighted by Crippen LogP contribution is 2.19. The number of nitrogens with one attached hydrogen (secondary N) is 1. The molecule has 2 nitrogen and oxygen atoms in total. The monoisotopic (exact) mass is 221 g/mol. The molecule has 1 aromatic carbocycles. The maximum Gasteiger partial charge on any atom is 0.0681 e. The summed E-state index contributed by atoms with van der Waals surface area (Å²) in [4.78, 5) is 0. The van der Waals surface area contributed by atoms with Crippen molar-refractivity contribution in [2.75, 3.05) is 0 Å². The van der Waals surface area contributed by atoms with Crippen LogP contribution in [0.5, 0.6) is 0 Å². The minimum Gasteiger partial charge on any atom is -0.392 e. The van der Waals surface area contributed by atoms with Crippen LogP contribution in [0, 0.1) is 5.41 Å². The van der Waals surface area contributed by atoms with E-state index in [0.717, 1.165) is 12.1 Å². The zero-order valence-electron chi connectivity index (χ0n) is 10.7. The first-order valence-electron chi connectivity index (χ1n) is 5.85. The summed E-state index contributed by atoms with van der Waals surface area (Å²) in [5.74, 6) is 0. The van der Waals surface area contributed by atoms with Crippen molar-refractivity contribution < 1.29 is 5.11 Å². The lowest BCUT2D eigenvalue weighted by molar-refractivity contribution is 0.280. The highest BCUT2D eigenvalue weighted by Gasteiger charge is 2.18. The summed E-state index contributed by atoms with van der Waals surface area (Å²) in [6.45, 7) is 9.86. The van der Waals surface area contributed by atoms with Gasteiger partial charge in [0.1, 0.15) is 0 Å². The van der Waals surface area contributed by atoms with E-state index in [2.05, 4.69) is 39.1 Å². The number of hydrogen-bond donors (Lipinski definition) is 2. The molecular weight excluding hydrogens is 198 g/mol. The molecule has 0 aliphatic heterocycles. The van der Waals surface area contributed by atoms with E-state index in [-0.39, 0.29) is 12.0 Å². The van der Waals surface area contributed by atoms with Gasteiger partial charge in [-0.1, -0.05) is 45.0 Å². The van der Waals surface area contributed by atoms with Gasteiger partial charge < -0.3 is 10.4 Å². The third-order valence-electron chi connectivity index (χ3n) is 3.09. The van der Waals surface area contributed by atoms with Crippen molar-refractivity contribution in [1.29, 1.82) is 0 Å². The maximum absolute atomic E-state index is 9.05. The normalized spacial score (nSPS) is 13.8. The smallest absolute Gasteiger partial charge is 0.0681 e. The average molecular weight is 221 g/mol. The van der Waals surface area contributed by atoms with E-state index in [1.165, 1.54) is 5.56 Å². The van der Waals surface area contributed by atoms with Crippen molar-refractivity contribution in [1.82, 2.24) is 5.32 Å². The second-order valence-electron chi connectivity index (χ2n) is 5.45. The fraction of sp³-hybridized carbons (Fsp3) is 0.571. The second kappa shape index (κ2) is 5.46. The highest BCUT2D eigenvalue weighted by molar-refractivity contribution is 5.22. The van der Waals surface area contributed by atoms with Crippen LogP contribution >= 0.6 is 0 Å². The zero-order valence-corrected chi connectivity index (χ0v) is 10.7. The Bertz CT molecular complexity index is 328. The SMILES string of the molecule is CC(NCc1cccc(CO)c1)C(C)(C)C. The minimum absolute atomic E-state index is 0.114. The Morgan fingerprint density at radius 1 is 1.25 bits per heavy atom. The molecule has 0 aromatic heterocycles. The van der Waals surface area contributed by atoms with E-state index in [0.29, 0.717) is 6.04 Å². The molecule has 0 aliphatic carbocycles. The Hall–Kier alpha value is -0.860. The first kappa shape index (κ1) is 13.2. The molecule has 1 aromatic rings. The van der Waals surface area contributed by atoms with Gasteiger partial charge in [0, 0.05) is 12.6 Å². The Balaban J connectivity index is 2.54. The van der Waals surface area contributed by atoms with Crippen LogP contribution in [0.4, 0.5) is 0 Å². The molecule has 0 spiro atoms. The van der Waals surface area contributed by atoms with Crippen molar-refractivity contribution >= 4 is 0 Å². The van der Waals surface area contributed by atoms with E-state index in [1.807, 2.05) is 18.2 Å². The van der Waals surface area contributed by atoms with Crippen LogP contribution in [0.2, 0.25) is 0 Å². The molecule has 1 rings (SSSR count). The highest BCUT2D eigenvalue weighted by atomic mass is 16.3. The van der Waals surface area contributed by atoms with Crippen molar-refractivity contribution in [2.45, 2.75) is 46.9 Å². The van der Waals surface area contributed by atoms with E-state index in [4.69, 9.17) is 5.11 Å². The number of benzene rings is 1. The number of rotatable bonds is 4. The largest absolute Gasteiger partial charge is 0.392 e. The summed E-state index contributed by atoms with van der Waals surface area (Å²) in [5, 5.41) is 12.6. The summed E-state index contributed by atoms with van der Waals surface area (Å²) in [5.41, 5.74) is 2.47. The molecule has 0 saturated heterocycles. The van der Waals surface area contributed by atoms with Gasteiger partial charge in [-0.3, -0.25) is 0 Å². The first-order chi connectivity index (χ1) is 7.43. The van der Waals surface area contributed by atoms with E-state index in [9.17, 15) is 0 Å². The zero-order chi connectivity index (χ0) is 12.2. The Kier molecular flexibility index (Phi) is 4.51. The van der Waals surface area contributed by atoms with Crippen molar-refractivity contribution in [2.24, 2.45) is 5.41 Å². The molecule has 0 saturated carbocycles. The number of aliphatic hydroxyl groups is 1. The van der Waals surface area contributed by atoms with Gasteiger partial charge in [-0.2, -0.15) is 0 Å². The number of aliphatic hydroxyl groups excluding tert-OH is 1. The molecule has 1 atom stereocenters. The summed E-state index contributed by atoms with van der Waals surface area (Å²) in [7, 11) is 0. The van der Waals surface area contributed by atoms with Gasteiger partial charge in [0.05, 0.1) is 6.61 Å². The molecular formula is C14H23NO. The van der Waals surface area contributed by atoms with E-state index >= 15 is 0 Å². The molecule has 0 aliphatic rings.